The van der Waals surface area contributed by atoms with Crippen LogP contribution < -0.4 is 4.74 Å². The van der Waals surface area contributed by atoms with Crippen molar-refractivity contribution in [1.82, 2.24) is 9.55 Å². The first kappa shape index (κ1) is 16.9. The lowest BCUT2D eigenvalue weighted by Crippen LogP contribution is -2.11. The number of aromatic nitrogens is 2. The highest BCUT2D eigenvalue weighted by molar-refractivity contribution is 6.31. The zero-order chi connectivity index (χ0) is 18.1. The van der Waals surface area contributed by atoms with Crippen molar-refractivity contribution in [1.29, 1.82) is 0 Å². The fraction of sp³-hybridized carbons (Fsp3) is 0.227. The van der Waals surface area contributed by atoms with Gasteiger partial charge in [0.05, 0.1) is 11.0 Å². The third-order valence-corrected chi connectivity index (χ3v) is 4.68. The van der Waals surface area contributed by atoms with E-state index in [1.54, 1.807) is 0 Å². The Morgan fingerprint density at radius 3 is 2.69 bits per heavy atom. The molecule has 4 rings (SSSR count). The fourth-order valence-electron chi connectivity index (χ4n) is 3.29. The molecule has 132 valence electrons. The molecule has 0 aliphatic carbocycles. The van der Waals surface area contributed by atoms with Gasteiger partial charge in [0.2, 0.25) is 0 Å². The van der Waals surface area contributed by atoms with Crippen LogP contribution in [0.1, 0.15) is 19.7 Å². The molecule has 3 aromatic carbocycles. The number of nitrogens with zero attached hydrogens (tertiary/aromatic N) is 2. The Kier molecular flexibility index (Phi) is 4.56. The maximum atomic E-state index is 6.20. The third-order valence-electron chi connectivity index (χ3n) is 4.44. The number of fused-ring (bicyclic) bond motifs is 2. The molecule has 0 radical (unpaired) electrons. The summed E-state index contributed by atoms with van der Waals surface area (Å²) in [6.07, 6.45) is 0. The molecular formula is C22H21ClN2O. The number of halogens is 1. The molecule has 26 heavy (non-hydrogen) atoms. The van der Waals surface area contributed by atoms with E-state index in [1.165, 1.54) is 5.39 Å². The third kappa shape index (κ3) is 3.27. The highest BCUT2D eigenvalue weighted by Crippen LogP contribution is 2.27. The van der Waals surface area contributed by atoms with E-state index >= 15 is 0 Å². The Balaban J connectivity index is 1.70. The lowest BCUT2D eigenvalue weighted by atomic mass is 10.1. The van der Waals surface area contributed by atoms with Crippen LogP contribution in [0.15, 0.2) is 60.7 Å². The van der Waals surface area contributed by atoms with Gasteiger partial charge in [-0.25, -0.2) is 4.98 Å². The molecule has 0 atom stereocenters. The SMILES string of the molecule is CC(C)Cn1c(COc2cccc3ccccc23)nc2ccc(Cl)cc21. The Hall–Kier alpha value is -2.52. The molecule has 0 amide bonds. The van der Waals surface area contributed by atoms with Crippen molar-refractivity contribution >= 4 is 33.4 Å². The molecule has 4 aromatic rings. The molecule has 0 fully saturated rings. The van der Waals surface area contributed by atoms with Crippen LogP contribution in [-0.2, 0) is 13.2 Å². The van der Waals surface area contributed by atoms with Crippen LogP contribution in [-0.4, -0.2) is 9.55 Å². The highest BCUT2D eigenvalue weighted by atomic mass is 35.5. The van der Waals surface area contributed by atoms with Gasteiger partial charge >= 0.3 is 0 Å². The topological polar surface area (TPSA) is 27.1 Å². The maximum Gasteiger partial charge on any atom is 0.148 e. The van der Waals surface area contributed by atoms with Gasteiger partial charge in [0, 0.05) is 17.0 Å². The van der Waals surface area contributed by atoms with Gasteiger partial charge in [-0.2, -0.15) is 0 Å². The summed E-state index contributed by atoms with van der Waals surface area (Å²) in [5.74, 6) is 2.30. The molecule has 3 nitrogen and oxygen atoms in total. The summed E-state index contributed by atoms with van der Waals surface area (Å²) in [5.41, 5.74) is 2.01. The highest BCUT2D eigenvalue weighted by Gasteiger charge is 2.13. The predicted octanol–water partition coefficient (Wildman–Crippen LogP) is 6.08. The van der Waals surface area contributed by atoms with E-state index in [2.05, 4.69) is 36.6 Å². The Morgan fingerprint density at radius 2 is 1.85 bits per heavy atom. The zero-order valence-electron chi connectivity index (χ0n) is 14.9. The minimum Gasteiger partial charge on any atom is -0.485 e. The van der Waals surface area contributed by atoms with E-state index in [0.717, 1.165) is 39.6 Å². The van der Waals surface area contributed by atoms with Gasteiger partial charge in [-0.05, 0) is 35.6 Å². The lowest BCUT2D eigenvalue weighted by Gasteiger charge is -2.13. The molecular weight excluding hydrogens is 344 g/mol. The van der Waals surface area contributed by atoms with Crippen LogP contribution in [0.5, 0.6) is 5.75 Å². The van der Waals surface area contributed by atoms with Crippen LogP contribution >= 0.6 is 11.6 Å². The van der Waals surface area contributed by atoms with Gasteiger partial charge in [0.1, 0.15) is 18.2 Å². The molecule has 0 aliphatic rings. The first-order valence-corrected chi connectivity index (χ1v) is 9.25. The van der Waals surface area contributed by atoms with Crippen LogP contribution in [0.4, 0.5) is 0 Å². The Labute approximate surface area is 158 Å². The minimum absolute atomic E-state index is 0.424. The summed E-state index contributed by atoms with van der Waals surface area (Å²) >= 11 is 6.20. The molecule has 1 heterocycles. The smallest absolute Gasteiger partial charge is 0.148 e. The first-order valence-electron chi connectivity index (χ1n) is 8.87. The second-order valence-electron chi connectivity index (χ2n) is 6.93. The van der Waals surface area contributed by atoms with Gasteiger partial charge in [-0.1, -0.05) is 61.8 Å². The van der Waals surface area contributed by atoms with Crippen LogP contribution in [0.25, 0.3) is 21.8 Å². The number of imidazole rings is 1. The number of rotatable bonds is 5. The van der Waals surface area contributed by atoms with Gasteiger partial charge in [0.15, 0.2) is 0 Å². The van der Waals surface area contributed by atoms with E-state index in [9.17, 15) is 0 Å². The summed E-state index contributed by atoms with van der Waals surface area (Å²) in [5, 5.41) is 3.01. The van der Waals surface area contributed by atoms with Gasteiger partial charge in [-0.15, -0.1) is 0 Å². The average molecular weight is 365 g/mol. The van der Waals surface area contributed by atoms with Crippen molar-refractivity contribution < 1.29 is 4.74 Å². The van der Waals surface area contributed by atoms with Crippen LogP contribution in [0.2, 0.25) is 5.02 Å². The van der Waals surface area contributed by atoms with Gasteiger partial charge in [-0.3, -0.25) is 0 Å². The monoisotopic (exact) mass is 364 g/mol. The number of hydrogen-bond donors (Lipinski definition) is 0. The maximum absolute atomic E-state index is 6.20. The fourth-order valence-corrected chi connectivity index (χ4v) is 3.46. The molecule has 0 unspecified atom stereocenters. The van der Waals surface area contributed by atoms with E-state index in [0.29, 0.717) is 12.5 Å². The summed E-state index contributed by atoms with van der Waals surface area (Å²) in [7, 11) is 0. The number of hydrogen-bond acceptors (Lipinski definition) is 2. The second-order valence-corrected chi connectivity index (χ2v) is 7.37. The Bertz CT molecular complexity index is 1060. The summed E-state index contributed by atoms with van der Waals surface area (Å²) in [6, 6.07) is 20.2. The summed E-state index contributed by atoms with van der Waals surface area (Å²) < 4.78 is 8.39. The average Bonchev–Trinajstić information content (AvgIpc) is 2.96. The standard InChI is InChI=1S/C22H21ClN2O/c1-15(2)13-25-20-12-17(23)10-11-19(20)24-22(25)14-26-21-9-5-7-16-6-3-4-8-18(16)21/h3-12,15H,13-14H2,1-2H3. The van der Waals surface area contributed by atoms with E-state index in [4.69, 9.17) is 21.3 Å². The van der Waals surface area contributed by atoms with E-state index < -0.39 is 0 Å². The van der Waals surface area contributed by atoms with Crippen molar-refractivity contribution in [2.24, 2.45) is 5.92 Å². The second kappa shape index (κ2) is 7.00. The zero-order valence-corrected chi connectivity index (χ0v) is 15.7. The molecule has 4 heteroatoms. The largest absolute Gasteiger partial charge is 0.485 e. The summed E-state index contributed by atoms with van der Waals surface area (Å²) in [4.78, 5) is 4.78. The normalized spacial score (nSPS) is 11.5. The summed E-state index contributed by atoms with van der Waals surface area (Å²) in [6.45, 7) is 5.70. The van der Waals surface area contributed by atoms with Crippen molar-refractivity contribution in [2.75, 3.05) is 0 Å². The lowest BCUT2D eigenvalue weighted by molar-refractivity contribution is 0.291. The minimum atomic E-state index is 0.424. The van der Waals surface area contributed by atoms with Gasteiger partial charge in [0.25, 0.3) is 0 Å². The van der Waals surface area contributed by atoms with Gasteiger partial charge < -0.3 is 9.30 Å². The first-order chi connectivity index (χ1) is 12.6. The predicted molar refractivity (Wildman–Crippen MR) is 108 cm³/mol. The quantitative estimate of drug-likeness (QED) is 0.429. The van der Waals surface area contributed by atoms with Crippen molar-refractivity contribution in [3.8, 4) is 5.75 Å². The molecule has 0 saturated carbocycles. The molecule has 0 saturated heterocycles. The molecule has 1 aromatic heterocycles. The van der Waals surface area contributed by atoms with Crippen molar-refractivity contribution in [3.05, 3.63) is 71.5 Å². The molecule has 0 bridgehead atoms. The van der Waals surface area contributed by atoms with Crippen molar-refractivity contribution in [2.45, 2.75) is 27.0 Å². The van der Waals surface area contributed by atoms with Crippen LogP contribution in [0.3, 0.4) is 0 Å². The molecule has 0 N–H and O–H groups in total. The van der Waals surface area contributed by atoms with Crippen molar-refractivity contribution in [3.63, 3.8) is 0 Å². The Morgan fingerprint density at radius 1 is 1.04 bits per heavy atom. The van der Waals surface area contributed by atoms with E-state index in [1.807, 2.05) is 42.5 Å². The number of benzene rings is 3. The van der Waals surface area contributed by atoms with Crippen LogP contribution in [0, 0.1) is 5.92 Å². The number of ether oxygens (including phenoxy) is 1. The molecule has 0 spiro atoms. The van der Waals surface area contributed by atoms with E-state index in [-0.39, 0.29) is 0 Å². The molecule has 0 aliphatic heterocycles.